The Morgan fingerprint density at radius 1 is 1.13 bits per heavy atom. The zero-order valence-electron chi connectivity index (χ0n) is 22.9. The van der Waals surface area contributed by atoms with Crippen molar-refractivity contribution in [2.24, 2.45) is 0 Å². The predicted molar refractivity (Wildman–Crippen MR) is 144 cm³/mol. The van der Waals surface area contributed by atoms with Crippen LogP contribution in [0.4, 0.5) is 0 Å². The molecule has 0 saturated carbocycles. The molecule has 1 N–H and O–H groups in total. The van der Waals surface area contributed by atoms with Gasteiger partial charge in [0.1, 0.15) is 30.7 Å². The third-order valence-corrected chi connectivity index (χ3v) is 7.78. The molecule has 3 aliphatic rings. The lowest BCUT2D eigenvalue weighted by molar-refractivity contribution is -0.907. The number of nitrogens with zero attached hydrogens (tertiary/aromatic N) is 1. The zero-order valence-corrected chi connectivity index (χ0v) is 22.9. The van der Waals surface area contributed by atoms with Gasteiger partial charge in [-0.1, -0.05) is 43.7 Å². The zero-order chi connectivity index (χ0) is 27.4. The molecule has 208 valence electrons. The molecule has 5 rings (SSSR count). The average Bonchev–Trinajstić information content (AvgIpc) is 3.45. The predicted octanol–water partition coefficient (Wildman–Crippen LogP) is 1.72. The van der Waals surface area contributed by atoms with Crippen LogP contribution in [-0.4, -0.2) is 68.7 Å². The number of benzene rings is 2. The Morgan fingerprint density at radius 2 is 1.95 bits per heavy atom. The van der Waals surface area contributed by atoms with Crippen LogP contribution < -0.4 is 19.5 Å². The Kier molecular flexibility index (Phi) is 8.53. The van der Waals surface area contributed by atoms with E-state index in [4.69, 9.17) is 14.2 Å². The molecule has 0 aliphatic carbocycles. The maximum atomic E-state index is 13.9. The fourth-order valence-electron chi connectivity index (χ4n) is 5.67. The number of ether oxygens (including phenoxy) is 3. The molecule has 1 amide bonds. The number of hydrogen-bond donors (Lipinski definition) is 1. The van der Waals surface area contributed by atoms with Gasteiger partial charge in [0, 0.05) is 12.0 Å². The molecule has 2 atom stereocenters. The number of nitrogens with one attached hydrogen (secondary N) is 1. The van der Waals surface area contributed by atoms with E-state index in [-0.39, 0.29) is 11.7 Å². The van der Waals surface area contributed by atoms with Crippen molar-refractivity contribution in [3.05, 3.63) is 64.7 Å². The molecule has 8 nitrogen and oxygen atoms in total. The van der Waals surface area contributed by atoms with Gasteiger partial charge in [0.05, 0.1) is 39.0 Å². The van der Waals surface area contributed by atoms with E-state index < -0.39 is 23.5 Å². The van der Waals surface area contributed by atoms with Gasteiger partial charge in [-0.2, -0.15) is 0 Å². The molecule has 3 heterocycles. The first-order chi connectivity index (χ1) is 19.0. The Hall–Kier alpha value is -3.36. The van der Waals surface area contributed by atoms with Crippen LogP contribution in [0.1, 0.15) is 55.8 Å². The first-order valence-corrected chi connectivity index (χ1v) is 14.2. The summed E-state index contributed by atoms with van der Waals surface area (Å²) in [6.45, 7) is 8.84. The summed E-state index contributed by atoms with van der Waals surface area (Å²) in [4.78, 5) is 29.7. The summed E-state index contributed by atoms with van der Waals surface area (Å²) in [5, 5.41) is 13.9. The third-order valence-electron chi connectivity index (χ3n) is 7.78. The molecular formula is C31H38N2O6. The lowest BCUT2D eigenvalue weighted by Crippen LogP contribution is -3.14. The fourth-order valence-corrected chi connectivity index (χ4v) is 5.67. The van der Waals surface area contributed by atoms with Crippen LogP contribution in [0.5, 0.6) is 11.5 Å². The highest BCUT2D eigenvalue weighted by Crippen LogP contribution is 2.40. The summed E-state index contributed by atoms with van der Waals surface area (Å²) in [7, 11) is 0. The second-order valence-electron chi connectivity index (χ2n) is 10.7. The Bertz CT molecular complexity index is 1240. The lowest BCUT2D eigenvalue weighted by Gasteiger charge is -2.30. The van der Waals surface area contributed by atoms with Gasteiger partial charge in [-0.15, -0.1) is 0 Å². The smallest absolute Gasteiger partial charge is 0.295 e. The van der Waals surface area contributed by atoms with Gasteiger partial charge in [0.2, 0.25) is 5.78 Å². The number of rotatable bonds is 10. The maximum Gasteiger partial charge on any atom is 0.295 e. The molecular weight excluding hydrogens is 496 g/mol. The molecule has 2 aromatic carbocycles. The van der Waals surface area contributed by atoms with Crippen LogP contribution in [0.2, 0.25) is 0 Å². The number of carbonyl (C=O) groups is 2. The SMILES string of the molecule is CCCCCOc1cccc(C2C(=C([O-])c3ccc4c(c3)CC(C)O4)C(=O)C(=O)N2CC[NH+]2CCOCC2)c1. The average molecular weight is 535 g/mol. The van der Waals surface area contributed by atoms with Crippen molar-refractivity contribution in [3.8, 4) is 11.5 Å². The molecule has 3 aliphatic heterocycles. The van der Waals surface area contributed by atoms with Gasteiger partial charge in [-0.3, -0.25) is 9.59 Å². The minimum atomic E-state index is -0.763. The van der Waals surface area contributed by atoms with Crippen molar-refractivity contribution in [1.82, 2.24) is 4.90 Å². The Balaban J connectivity index is 1.49. The van der Waals surface area contributed by atoms with Crippen LogP contribution in [0.3, 0.4) is 0 Å². The highest BCUT2D eigenvalue weighted by Gasteiger charge is 2.44. The summed E-state index contributed by atoms with van der Waals surface area (Å²) in [5.74, 6) is -0.317. The number of carbonyl (C=O) groups excluding carboxylic acids is 2. The number of fused-ring (bicyclic) bond motifs is 1. The van der Waals surface area contributed by atoms with E-state index in [1.165, 1.54) is 4.90 Å². The topological polar surface area (TPSA) is 92.6 Å². The van der Waals surface area contributed by atoms with E-state index in [1.807, 2.05) is 31.2 Å². The van der Waals surface area contributed by atoms with E-state index in [1.54, 1.807) is 23.1 Å². The Morgan fingerprint density at radius 3 is 2.74 bits per heavy atom. The molecule has 0 aromatic heterocycles. The molecule has 0 spiro atoms. The van der Waals surface area contributed by atoms with Gasteiger partial charge in [-0.25, -0.2) is 0 Å². The molecule has 2 saturated heterocycles. The molecule has 39 heavy (non-hydrogen) atoms. The molecule has 2 fully saturated rings. The Labute approximate surface area is 230 Å². The molecule has 2 unspecified atom stereocenters. The standard InChI is InChI=1S/C31H38N2O6/c1-3-4-5-15-38-25-8-6-7-22(20-25)28-27(29(34)23-9-10-26-24(19-23)18-21(2)39-26)30(35)31(36)33(28)12-11-32-13-16-37-17-14-32/h6-10,19-21,28,34H,3-5,11-18H2,1-2H3. The van der Waals surface area contributed by atoms with Crippen LogP contribution in [0.15, 0.2) is 48.0 Å². The quantitative estimate of drug-likeness (QED) is 0.216. The van der Waals surface area contributed by atoms with Gasteiger partial charge in [-0.05, 0) is 54.3 Å². The number of quaternary nitrogens is 1. The number of likely N-dealkylation sites (tertiary alicyclic amines) is 1. The molecule has 8 heteroatoms. The largest absolute Gasteiger partial charge is 0.872 e. The normalized spacial score (nSPS) is 22.7. The van der Waals surface area contributed by atoms with Gasteiger partial charge >= 0.3 is 0 Å². The summed E-state index contributed by atoms with van der Waals surface area (Å²) in [5.41, 5.74) is 2.06. The third kappa shape index (κ3) is 5.97. The summed E-state index contributed by atoms with van der Waals surface area (Å²) >= 11 is 0. The van der Waals surface area contributed by atoms with Crippen molar-refractivity contribution < 1.29 is 33.8 Å². The second-order valence-corrected chi connectivity index (χ2v) is 10.7. The highest BCUT2D eigenvalue weighted by atomic mass is 16.5. The van der Waals surface area contributed by atoms with E-state index in [9.17, 15) is 14.7 Å². The van der Waals surface area contributed by atoms with Crippen LogP contribution in [0.25, 0.3) is 5.76 Å². The maximum absolute atomic E-state index is 13.9. The van der Waals surface area contributed by atoms with Crippen molar-refractivity contribution in [2.75, 3.05) is 46.0 Å². The van der Waals surface area contributed by atoms with E-state index in [2.05, 4.69) is 6.92 Å². The first-order valence-electron chi connectivity index (χ1n) is 14.2. The van der Waals surface area contributed by atoms with Gasteiger partial charge < -0.3 is 29.1 Å². The second kappa shape index (κ2) is 12.2. The van der Waals surface area contributed by atoms with Crippen molar-refractivity contribution in [2.45, 2.75) is 51.7 Å². The number of Topliss-reactive ketones (excluding diaryl/α,β-unsaturated/α-hetero) is 1. The highest BCUT2D eigenvalue weighted by molar-refractivity contribution is 6.46. The van der Waals surface area contributed by atoms with E-state index >= 15 is 0 Å². The number of unbranched alkanes of at least 4 members (excludes halogenated alkanes) is 2. The van der Waals surface area contributed by atoms with E-state index in [0.717, 1.165) is 43.7 Å². The summed E-state index contributed by atoms with van der Waals surface area (Å²) < 4.78 is 17.2. The number of ketones is 1. The first kappa shape index (κ1) is 27.2. The molecule has 0 radical (unpaired) electrons. The van der Waals surface area contributed by atoms with Gasteiger partial charge in [0.25, 0.3) is 5.91 Å². The minimum Gasteiger partial charge on any atom is -0.872 e. The lowest BCUT2D eigenvalue weighted by atomic mass is 9.94. The summed E-state index contributed by atoms with van der Waals surface area (Å²) in [6.07, 6.45) is 3.88. The number of hydrogen-bond acceptors (Lipinski definition) is 6. The van der Waals surface area contributed by atoms with Crippen LogP contribution >= 0.6 is 0 Å². The minimum absolute atomic E-state index is 0.00650. The van der Waals surface area contributed by atoms with Crippen LogP contribution in [0, 0.1) is 0 Å². The van der Waals surface area contributed by atoms with Crippen molar-refractivity contribution in [3.63, 3.8) is 0 Å². The number of amides is 1. The van der Waals surface area contributed by atoms with Crippen LogP contribution in [-0.2, 0) is 20.7 Å². The van der Waals surface area contributed by atoms with Gasteiger partial charge in [0.15, 0.2) is 0 Å². The fraction of sp³-hybridized carbons (Fsp3) is 0.484. The molecule has 0 bridgehead atoms. The molecule has 2 aromatic rings. The van der Waals surface area contributed by atoms with E-state index in [0.29, 0.717) is 56.2 Å². The van der Waals surface area contributed by atoms with Crippen molar-refractivity contribution >= 4 is 17.4 Å². The number of morpholine rings is 1. The summed E-state index contributed by atoms with van der Waals surface area (Å²) in [6, 6.07) is 12.0. The monoisotopic (exact) mass is 534 g/mol. The van der Waals surface area contributed by atoms with Crippen molar-refractivity contribution in [1.29, 1.82) is 0 Å².